The van der Waals surface area contributed by atoms with Crippen LogP contribution in [0.3, 0.4) is 0 Å². The summed E-state index contributed by atoms with van der Waals surface area (Å²) < 4.78 is 0. The zero-order valence-corrected chi connectivity index (χ0v) is 10.1. The second-order valence-electron chi connectivity index (χ2n) is 4.91. The Hall–Kier alpha value is -1.02. The monoisotopic (exact) mass is 207 g/mol. The van der Waals surface area contributed by atoms with Gasteiger partial charge in [-0.3, -0.25) is 0 Å². The summed E-state index contributed by atoms with van der Waals surface area (Å²) in [7, 11) is 2.01. The highest BCUT2D eigenvalue weighted by atomic mass is 16.3. The number of nitrogens with zero attached hydrogens (tertiary/aromatic N) is 1. The van der Waals surface area contributed by atoms with Gasteiger partial charge in [0, 0.05) is 19.3 Å². The van der Waals surface area contributed by atoms with Crippen LogP contribution in [0.2, 0.25) is 0 Å². The van der Waals surface area contributed by atoms with E-state index in [1.54, 1.807) is 0 Å². The van der Waals surface area contributed by atoms with Gasteiger partial charge in [-0.1, -0.05) is 39.0 Å². The van der Waals surface area contributed by atoms with Crippen molar-refractivity contribution in [1.82, 2.24) is 0 Å². The zero-order chi connectivity index (χ0) is 11.5. The molecule has 1 rings (SSSR count). The summed E-state index contributed by atoms with van der Waals surface area (Å²) in [4.78, 5) is 2.10. The van der Waals surface area contributed by atoms with E-state index in [0.29, 0.717) is 6.54 Å². The topological polar surface area (TPSA) is 23.5 Å². The third kappa shape index (κ3) is 2.96. The normalized spacial score (nSPS) is 11.5. The first-order valence-corrected chi connectivity index (χ1v) is 5.38. The van der Waals surface area contributed by atoms with E-state index < -0.39 is 0 Å². The molecule has 2 heteroatoms. The summed E-state index contributed by atoms with van der Waals surface area (Å²) in [6.07, 6.45) is 0. The van der Waals surface area contributed by atoms with Gasteiger partial charge in [-0.2, -0.15) is 0 Å². The quantitative estimate of drug-likeness (QED) is 0.822. The molecule has 0 unspecified atom stereocenters. The smallest absolute Gasteiger partial charge is 0.0606 e. The first-order valence-electron chi connectivity index (χ1n) is 5.38. The lowest BCUT2D eigenvalue weighted by atomic mass is 9.85. The molecule has 0 atom stereocenters. The van der Waals surface area contributed by atoms with Crippen LogP contribution in [0.1, 0.15) is 26.3 Å². The highest BCUT2D eigenvalue weighted by molar-refractivity contribution is 5.55. The molecule has 0 aliphatic carbocycles. The average molecular weight is 207 g/mol. The van der Waals surface area contributed by atoms with Gasteiger partial charge in [-0.05, 0) is 17.0 Å². The molecular formula is C13H21NO. The molecule has 0 saturated carbocycles. The molecule has 0 fully saturated rings. The van der Waals surface area contributed by atoms with Crippen molar-refractivity contribution >= 4 is 5.69 Å². The summed E-state index contributed by atoms with van der Waals surface area (Å²) in [5.74, 6) is 0. The second-order valence-corrected chi connectivity index (χ2v) is 4.91. The van der Waals surface area contributed by atoms with E-state index in [4.69, 9.17) is 5.11 Å². The van der Waals surface area contributed by atoms with Gasteiger partial charge in [0.25, 0.3) is 0 Å². The van der Waals surface area contributed by atoms with Crippen LogP contribution in [0.25, 0.3) is 0 Å². The van der Waals surface area contributed by atoms with Crippen molar-refractivity contribution in [2.75, 3.05) is 25.1 Å². The molecule has 0 bridgehead atoms. The first-order chi connectivity index (χ1) is 6.96. The van der Waals surface area contributed by atoms with Gasteiger partial charge >= 0.3 is 0 Å². The van der Waals surface area contributed by atoms with Crippen molar-refractivity contribution in [3.8, 4) is 0 Å². The molecular weight excluding hydrogens is 186 g/mol. The number of benzene rings is 1. The number of aliphatic hydroxyl groups is 1. The minimum Gasteiger partial charge on any atom is -0.395 e. The van der Waals surface area contributed by atoms with E-state index in [1.165, 1.54) is 11.3 Å². The molecule has 1 N–H and O–H groups in total. The third-order valence-corrected chi connectivity index (χ3v) is 2.56. The highest BCUT2D eigenvalue weighted by Crippen LogP contribution is 2.30. The van der Waals surface area contributed by atoms with Gasteiger partial charge in [0.15, 0.2) is 0 Å². The number of rotatable bonds is 3. The maximum absolute atomic E-state index is 8.95. The summed E-state index contributed by atoms with van der Waals surface area (Å²) in [6.45, 7) is 7.48. The molecule has 0 radical (unpaired) electrons. The largest absolute Gasteiger partial charge is 0.395 e. The van der Waals surface area contributed by atoms with Gasteiger partial charge in [-0.15, -0.1) is 0 Å². The molecule has 1 aromatic carbocycles. The Kier molecular flexibility index (Phi) is 3.75. The molecule has 0 amide bonds. The van der Waals surface area contributed by atoms with E-state index in [9.17, 15) is 0 Å². The number of likely N-dealkylation sites (N-methyl/N-ethyl adjacent to an activating group) is 1. The van der Waals surface area contributed by atoms with Crippen molar-refractivity contribution < 1.29 is 5.11 Å². The Labute approximate surface area is 92.5 Å². The summed E-state index contributed by atoms with van der Waals surface area (Å²) >= 11 is 0. The van der Waals surface area contributed by atoms with Crippen molar-refractivity contribution in [2.24, 2.45) is 0 Å². The van der Waals surface area contributed by atoms with Gasteiger partial charge in [-0.25, -0.2) is 0 Å². The fourth-order valence-corrected chi connectivity index (χ4v) is 1.71. The fourth-order valence-electron chi connectivity index (χ4n) is 1.71. The molecule has 0 spiro atoms. The predicted molar refractivity (Wildman–Crippen MR) is 65.5 cm³/mol. The Morgan fingerprint density at radius 3 is 2.33 bits per heavy atom. The Balaban J connectivity index is 3.06. The van der Waals surface area contributed by atoms with Crippen molar-refractivity contribution in [3.05, 3.63) is 29.8 Å². The maximum atomic E-state index is 8.95. The average Bonchev–Trinajstić information content (AvgIpc) is 2.17. The second kappa shape index (κ2) is 4.67. The van der Waals surface area contributed by atoms with Crippen molar-refractivity contribution in [1.29, 1.82) is 0 Å². The highest BCUT2D eigenvalue weighted by Gasteiger charge is 2.18. The molecule has 1 aromatic rings. The van der Waals surface area contributed by atoms with Crippen molar-refractivity contribution in [2.45, 2.75) is 26.2 Å². The molecule has 0 aliphatic rings. The Bertz CT molecular complexity index is 315. The fraction of sp³-hybridized carbons (Fsp3) is 0.538. The van der Waals surface area contributed by atoms with E-state index in [1.807, 2.05) is 13.1 Å². The van der Waals surface area contributed by atoms with Crippen LogP contribution in [0.15, 0.2) is 24.3 Å². The lowest BCUT2D eigenvalue weighted by molar-refractivity contribution is 0.304. The Morgan fingerprint density at radius 1 is 1.20 bits per heavy atom. The van der Waals surface area contributed by atoms with E-state index in [0.717, 1.165) is 0 Å². The molecule has 0 saturated heterocycles. The van der Waals surface area contributed by atoms with Gasteiger partial charge < -0.3 is 10.0 Å². The SMILES string of the molecule is CN(CCO)c1ccccc1C(C)(C)C. The number of hydrogen-bond acceptors (Lipinski definition) is 2. The van der Waals surface area contributed by atoms with Gasteiger partial charge in [0.05, 0.1) is 6.61 Å². The summed E-state index contributed by atoms with van der Waals surface area (Å²) in [5, 5.41) is 8.95. The van der Waals surface area contributed by atoms with Crippen molar-refractivity contribution in [3.63, 3.8) is 0 Å². The van der Waals surface area contributed by atoms with Crippen LogP contribution < -0.4 is 4.90 Å². The van der Waals surface area contributed by atoms with E-state index >= 15 is 0 Å². The van der Waals surface area contributed by atoms with Crippen LogP contribution in [0.4, 0.5) is 5.69 Å². The third-order valence-electron chi connectivity index (χ3n) is 2.56. The lowest BCUT2D eigenvalue weighted by Crippen LogP contribution is -2.25. The minimum atomic E-state index is 0.139. The molecule has 0 aliphatic heterocycles. The number of para-hydroxylation sites is 1. The zero-order valence-electron chi connectivity index (χ0n) is 10.1. The molecule has 15 heavy (non-hydrogen) atoms. The number of aliphatic hydroxyl groups excluding tert-OH is 1. The van der Waals surface area contributed by atoms with E-state index in [-0.39, 0.29) is 12.0 Å². The van der Waals surface area contributed by atoms with Gasteiger partial charge in [0.1, 0.15) is 0 Å². The Morgan fingerprint density at radius 2 is 1.80 bits per heavy atom. The first kappa shape index (κ1) is 12.1. The standard InChI is InChI=1S/C13H21NO/c1-13(2,3)11-7-5-6-8-12(11)14(4)9-10-15/h5-8,15H,9-10H2,1-4H3. The number of hydrogen-bond donors (Lipinski definition) is 1. The van der Waals surface area contributed by atoms with Crippen LogP contribution in [0.5, 0.6) is 0 Å². The number of anilines is 1. The van der Waals surface area contributed by atoms with E-state index in [2.05, 4.69) is 43.9 Å². The maximum Gasteiger partial charge on any atom is 0.0606 e. The molecule has 2 nitrogen and oxygen atoms in total. The molecule has 84 valence electrons. The van der Waals surface area contributed by atoms with Crippen LogP contribution in [0, 0.1) is 0 Å². The molecule has 0 heterocycles. The minimum absolute atomic E-state index is 0.139. The van der Waals surface area contributed by atoms with Crippen LogP contribution >= 0.6 is 0 Å². The van der Waals surface area contributed by atoms with Gasteiger partial charge in [0.2, 0.25) is 0 Å². The lowest BCUT2D eigenvalue weighted by Gasteiger charge is -2.28. The summed E-state index contributed by atoms with van der Waals surface area (Å²) in [5.41, 5.74) is 2.67. The summed E-state index contributed by atoms with van der Waals surface area (Å²) in [6, 6.07) is 8.37. The molecule has 0 aromatic heterocycles. The van der Waals surface area contributed by atoms with Crippen LogP contribution in [-0.4, -0.2) is 25.3 Å². The predicted octanol–water partition coefficient (Wildman–Crippen LogP) is 2.41. The van der Waals surface area contributed by atoms with Crippen LogP contribution in [-0.2, 0) is 5.41 Å².